The molecule has 0 heterocycles. The van der Waals surface area contributed by atoms with Crippen molar-refractivity contribution in [1.29, 1.82) is 0 Å². The number of aryl methyl sites for hydroxylation is 1. The first-order valence-corrected chi connectivity index (χ1v) is 5.37. The molecule has 92 valence electrons. The van der Waals surface area contributed by atoms with Crippen LogP contribution < -0.4 is 4.74 Å². The van der Waals surface area contributed by atoms with Crippen LogP contribution in [0.4, 0.5) is 0 Å². The third-order valence-corrected chi connectivity index (χ3v) is 2.42. The molecule has 2 aromatic rings. The average Bonchev–Trinajstić information content (AvgIpc) is 2.31. The van der Waals surface area contributed by atoms with E-state index in [1.165, 1.54) is 12.1 Å². The predicted molar refractivity (Wildman–Crippen MR) is 66.3 cm³/mol. The fourth-order valence-corrected chi connectivity index (χ4v) is 1.54. The summed E-state index contributed by atoms with van der Waals surface area (Å²) in [6.07, 6.45) is 0. The van der Waals surface area contributed by atoms with Gasteiger partial charge < -0.3 is 14.9 Å². The lowest BCUT2D eigenvalue weighted by Crippen LogP contribution is -1.96. The molecule has 0 atom stereocenters. The Balaban J connectivity index is 2.27. The Hall–Kier alpha value is -2.49. The Morgan fingerprint density at radius 1 is 1.17 bits per heavy atom. The molecule has 0 saturated heterocycles. The van der Waals surface area contributed by atoms with E-state index >= 15 is 0 Å². The van der Waals surface area contributed by atoms with Crippen molar-refractivity contribution in [1.82, 2.24) is 0 Å². The van der Waals surface area contributed by atoms with Crippen LogP contribution in [0, 0.1) is 6.92 Å². The highest BCUT2D eigenvalue weighted by Crippen LogP contribution is 2.31. The van der Waals surface area contributed by atoms with Crippen LogP contribution in [0.15, 0.2) is 42.5 Å². The van der Waals surface area contributed by atoms with Gasteiger partial charge in [-0.05, 0) is 42.8 Å². The van der Waals surface area contributed by atoms with E-state index in [1.807, 2.05) is 25.1 Å². The number of rotatable bonds is 3. The standard InChI is InChI=1S/C14H12O4/c1-9-3-2-4-11(7-9)18-13-6-5-10(14(16)17)8-12(13)15/h2-8,15H,1H3,(H,16,17). The Kier molecular flexibility index (Phi) is 3.19. The number of hydrogen-bond donors (Lipinski definition) is 2. The number of aromatic carboxylic acids is 1. The molecule has 2 rings (SSSR count). The molecule has 0 amide bonds. The van der Waals surface area contributed by atoms with Gasteiger partial charge in [0.25, 0.3) is 0 Å². The number of benzene rings is 2. The van der Waals surface area contributed by atoms with Crippen molar-refractivity contribution in [2.75, 3.05) is 0 Å². The number of hydrogen-bond acceptors (Lipinski definition) is 3. The summed E-state index contributed by atoms with van der Waals surface area (Å²) in [6.45, 7) is 1.93. The summed E-state index contributed by atoms with van der Waals surface area (Å²) in [5.41, 5.74) is 1.05. The van der Waals surface area contributed by atoms with Crippen LogP contribution in [0.25, 0.3) is 0 Å². The molecule has 0 fully saturated rings. The van der Waals surface area contributed by atoms with Crippen LogP contribution in [0.3, 0.4) is 0 Å². The third-order valence-electron chi connectivity index (χ3n) is 2.42. The molecule has 2 aromatic carbocycles. The summed E-state index contributed by atoms with van der Waals surface area (Å²) >= 11 is 0. The molecule has 18 heavy (non-hydrogen) atoms. The van der Waals surface area contributed by atoms with Crippen molar-refractivity contribution >= 4 is 5.97 Å². The molecule has 0 unspecified atom stereocenters. The predicted octanol–water partition coefficient (Wildman–Crippen LogP) is 3.19. The van der Waals surface area contributed by atoms with Crippen molar-refractivity contribution in [3.8, 4) is 17.2 Å². The van der Waals surface area contributed by atoms with Crippen LogP contribution in [0.5, 0.6) is 17.2 Å². The lowest BCUT2D eigenvalue weighted by atomic mass is 10.2. The van der Waals surface area contributed by atoms with Crippen LogP contribution >= 0.6 is 0 Å². The molecule has 0 aliphatic heterocycles. The monoisotopic (exact) mass is 244 g/mol. The molecule has 0 radical (unpaired) electrons. The summed E-state index contributed by atoms with van der Waals surface area (Å²) < 4.78 is 5.48. The van der Waals surface area contributed by atoms with E-state index in [9.17, 15) is 9.90 Å². The molecule has 0 aliphatic rings. The lowest BCUT2D eigenvalue weighted by Gasteiger charge is -2.08. The second kappa shape index (κ2) is 4.79. The Morgan fingerprint density at radius 2 is 1.94 bits per heavy atom. The van der Waals surface area contributed by atoms with E-state index in [2.05, 4.69) is 0 Å². The van der Waals surface area contributed by atoms with E-state index < -0.39 is 5.97 Å². The van der Waals surface area contributed by atoms with Crippen molar-refractivity contribution in [2.24, 2.45) is 0 Å². The fourth-order valence-electron chi connectivity index (χ4n) is 1.54. The number of carbonyl (C=O) groups is 1. The van der Waals surface area contributed by atoms with Gasteiger partial charge in [-0.25, -0.2) is 4.79 Å². The van der Waals surface area contributed by atoms with Gasteiger partial charge in [-0.15, -0.1) is 0 Å². The topological polar surface area (TPSA) is 66.8 Å². The minimum Gasteiger partial charge on any atom is -0.504 e. The van der Waals surface area contributed by atoms with E-state index in [-0.39, 0.29) is 17.1 Å². The Labute approximate surface area is 104 Å². The van der Waals surface area contributed by atoms with Crippen molar-refractivity contribution in [3.63, 3.8) is 0 Å². The van der Waals surface area contributed by atoms with E-state index in [1.54, 1.807) is 6.07 Å². The molecule has 0 aromatic heterocycles. The van der Waals surface area contributed by atoms with Crippen LogP contribution in [0.2, 0.25) is 0 Å². The summed E-state index contributed by atoms with van der Waals surface area (Å²) in [4.78, 5) is 10.7. The van der Waals surface area contributed by atoms with Crippen LogP contribution in [0.1, 0.15) is 15.9 Å². The van der Waals surface area contributed by atoms with E-state index in [0.717, 1.165) is 11.6 Å². The lowest BCUT2D eigenvalue weighted by molar-refractivity contribution is 0.0696. The van der Waals surface area contributed by atoms with E-state index in [4.69, 9.17) is 9.84 Å². The van der Waals surface area contributed by atoms with Gasteiger partial charge in [-0.3, -0.25) is 0 Å². The second-order valence-electron chi connectivity index (χ2n) is 3.91. The number of carboxylic acid groups (broad SMARTS) is 1. The first kappa shape index (κ1) is 12.0. The SMILES string of the molecule is Cc1cccc(Oc2ccc(C(=O)O)cc2O)c1. The minimum absolute atomic E-state index is 0.0177. The zero-order chi connectivity index (χ0) is 13.1. The zero-order valence-electron chi connectivity index (χ0n) is 9.75. The number of ether oxygens (including phenoxy) is 1. The van der Waals surface area contributed by atoms with Gasteiger partial charge in [-0.1, -0.05) is 12.1 Å². The zero-order valence-corrected chi connectivity index (χ0v) is 9.75. The van der Waals surface area contributed by atoms with Crippen molar-refractivity contribution < 1.29 is 19.7 Å². The summed E-state index contributed by atoms with van der Waals surface area (Å²) in [7, 11) is 0. The molecule has 0 bridgehead atoms. The number of phenols is 1. The van der Waals surface area contributed by atoms with Crippen molar-refractivity contribution in [2.45, 2.75) is 6.92 Å². The fraction of sp³-hybridized carbons (Fsp3) is 0.0714. The Morgan fingerprint density at radius 3 is 2.56 bits per heavy atom. The van der Waals surface area contributed by atoms with Crippen LogP contribution in [-0.4, -0.2) is 16.2 Å². The smallest absolute Gasteiger partial charge is 0.335 e. The maximum atomic E-state index is 10.7. The second-order valence-corrected chi connectivity index (χ2v) is 3.91. The summed E-state index contributed by atoms with van der Waals surface area (Å²) in [5.74, 6) is -0.470. The number of carboxylic acids is 1. The van der Waals surface area contributed by atoms with Crippen molar-refractivity contribution in [3.05, 3.63) is 53.6 Å². The molecular formula is C14H12O4. The Bertz CT molecular complexity index is 590. The molecule has 4 heteroatoms. The highest BCUT2D eigenvalue weighted by Gasteiger charge is 2.09. The molecule has 2 N–H and O–H groups in total. The van der Waals surface area contributed by atoms with Gasteiger partial charge in [0.1, 0.15) is 5.75 Å². The highest BCUT2D eigenvalue weighted by molar-refractivity contribution is 5.88. The largest absolute Gasteiger partial charge is 0.504 e. The number of aromatic hydroxyl groups is 1. The molecular weight excluding hydrogens is 232 g/mol. The first-order valence-electron chi connectivity index (χ1n) is 5.37. The molecule has 4 nitrogen and oxygen atoms in total. The average molecular weight is 244 g/mol. The van der Waals surface area contributed by atoms with Gasteiger partial charge in [0.2, 0.25) is 0 Å². The quantitative estimate of drug-likeness (QED) is 0.870. The maximum Gasteiger partial charge on any atom is 0.335 e. The van der Waals surface area contributed by atoms with Gasteiger partial charge in [0.05, 0.1) is 5.56 Å². The highest BCUT2D eigenvalue weighted by atomic mass is 16.5. The van der Waals surface area contributed by atoms with Gasteiger partial charge in [0.15, 0.2) is 11.5 Å². The summed E-state index contributed by atoms with van der Waals surface area (Å²) in [5, 5.41) is 18.5. The minimum atomic E-state index is -1.09. The van der Waals surface area contributed by atoms with Gasteiger partial charge >= 0.3 is 5.97 Å². The number of phenolic OH excluding ortho intramolecular Hbond substituents is 1. The van der Waals surface area contributed by atoms with E-state index in [0.29, 0.717) is 5.75 Å². The molecule has 0 spiro atoms. The van der Waals surface area contributed by atoms with Crippen LogP contribution in [-0.2, 0) is 0 Å². The normalized spacial score (nSPS) is 10.1. The van der Waals surface area contributed by atoms with Gasteiger partial charge in [-0.2, -0.15) is 0 Å². The maximum absolute atomic E-state index is 10.7. The molecule has 0 saturated carbocycles. The summed E-state index contributed by atoms with van der Waals surface area (Å²) in [6, 6.07) is 11.3. The molecule has 0 aliphatic carbocycles. The van der Waals surface area contributed by atoms with Gasteiger partial charge in [0, 0.05) is 0 Å². The third kappa shape index (κ3) is 2.60. The first-order chi connectivity index (χ1) is 8.56.